The predicted molar refractivity (Wildman–Crippen MR) is 76.8 cm³/mol. The van der Waals surface area contributed by atoms with Gasteiger partial charge in [-0.05, 0) is 17.7 Å². The summed E-state index contributed by atoms with van der Waals surface area (Å²) in [5.41, 5.74) is 7.07. The molecule has 3 N–H and O–H groups in total. The van der Waals surface area contributed by atoms with E-state index >= 15 is 0 Å². The van der Waals surface area contributed by atoms with Crippen LogP contribution in [0, 0.1) is 0 Å². The van der Waals surface area contributed by atoms with Crippen molar-refractivity contribution >= 4 is 29.1 Å². The number of methoxy groups -OCH3 is 1. The Morgan fingerprint density at radius 1 is 1.35 bits per heavy atom. The highest BCUT2D eigenvalue weighted by Crippen LogP contribution is 2.16. The molecule has 1 aromatic carbocycles. The number of ether oxygens (including phenoxy) is 1. The number of aromatic nitrogens is 2. The van der Waals surface area contributed by atoms with Crippen molar-refractivity contribution in [3.63, 3.8) is 0 Å². The smallest absolute Gasteiger partial charge is 0.234 e. The standard InChI is InChI=1S/C13H13ClN4O2/c1-20-12-7-10(14)16-13(18-12)17-11(19)6-8-2-4-9(15)5-3-8/h2-5,7H,6,15H2,1H3,(H,16,17,18,19). The van der Waals surface area contributed by atoms with Crippen LogP contribution in [-0.4, -0.2) is 23.0 Å². The molecule has 20 heavy (non-hydrogen) atoms. The third kappa shape index (κ3) is 3.83. The number of carbonyl (C=O) groups excluding carboxylic acids is 1. The van der Waals surface area contributed by atoms with E-state index in [0.717, 1.165) is 5.56 Å². The van der Waals surface area contributed by atoms with E-state index in [0.29, 0.717) is 5.69 Å². The van der Waals surface area contributed by atoms with E-state index in [1.165, 1.54) is 13.2 Å². The zero-order valence-electron chi connectivity index (χ0n) is 10.8. The summed E-state index contributed by atoms with van der Waals surface area (Å²) in [6, 6.07) is 8.50. The summed E-state index contributed by atoms with van der Waals surface area (Å²) in [6.45, 7) is 0. The van der Waals surface area contributed by atoms with Crippen LogP contribution in [0.4, 0.5) is 11.6 Å². The molecule has 1 amide bonds. The van der Waals surface area contributed by atoms with Gasteiger partial charge in [0, 0.05) is 11.8 Å². The Kier molecular flexibility index (Phi) is 4.37. The number of amides is 1. The predicted octanol–water partition coefficient (Wildman–Crippen LogP) is 1.90. The molecular weight excluding hydrogens is 280 g/mol. The molecule has 0 aliphatic rings. The molecule has 0 atom stereocenters. The summed E-state index contributed by atoms with van der Waals surface area (Å²) in [6.07, 6.45) is 0.193. The Morgan fingerprint density at radius 3 is 2.70 bits per heavy atom. The number of anilines is 2. The lowest BCUT2D eigenvalue weighted by Crippen LogP contribution is -2.16. The molecular formula is C13H13ClN4O2. The minimum Gasteiger partial charge on any atom is -0.481 e. The van der Waals surface area contributed by atoms with Crippen molar-refractivity contribution in [1.29, 1.82) is 0 Å². The second-order valence-corrected chi connectivity index (χ2v) is 4.41. The summed E-state index contributed by atoms with van der Waals surface area (Å²) in [5, 5.41) is 2.76. The lowest BCUT2D eigenvalue weighted by atomic mass is 10.1. The number of hydrogen-bond donors (Lipinski definition) is 2. The summed E-state index contributed by atoms with van der Waals surface area (Å²) < 4.78 is 4.95. The number of nitrogens with two attached hydrogens (primary N) is 1. The molecule has 0 fully saturated rings. The molecule has 1 heterocycles. The first-order valence-electron chi connectivity index (χ1n) is 5.79. The summed E-state index contributed by atoms with van der Waals surface area (Å²) in [7, 11) is 1.46. The van der Waals surface area contributed by atoms with E-state index in [4.69, 9.17) is 22.1 Å². The normalized spacial score (nSPS) is 10.1. The Hall–Kier alpha value is -2.34. The van der Waals surface area contributed by atoms with Crippen LogP contribution in [0.3, 0.4) is 0 Å². The maximum absolute atomic E-state index is 11.9. The summed E-state index contributed by atoms with van der Waals surface area (Å²) in [4.78, 5) is 19.7. The quantitative estimate of drug-likeness (QED) is 0.663. The molecule has 0 unspecified atom stereocenters. The fraction of sp³-hybridized carbons (Fsp3) is 0.154. The van der Waals surface area contributed by atoms with Gasteiger partial charge in [-0.1, -0.05) is 23.7 Å². The number of nitrogens with one attached hydrogen (secondary N) is 1. The van der Waals surface area contributed by atoms with Gasteiger partial charge >= 0.3 is 0 Å². The lowest BCUT2D eigenvalue weighted by molar-refractivity contribution is -0.115. The van der Waals surface area contributed by atoms with E-state index in [2.05, 4.69) is 15.3 Å². The molecule has 0 spiro atoms. The average molecular weight is 293 g/mol. The third-order valence-electron chi connectivity index (χ3n) is 2.48. The molecule has 2 rings (SSSR count). The van der Waals surface area contributed by atoms with Crippen molar-refractivity contribution in [2.24, 2.45) is 0 Å². The van der Waals surface area contributed by atoms with Gasteiger partial charge in [0.25, 0.3) is 0 Å². The molecule has 0 aliphatic carbocycles. The van der Waals surface area contributed by atoms with Gasteiger partial charge in [0.05, 0.1) is 13.5 Å². The van der Waals surface area contributed by atoms with Gasteiger partial charge in [0.15, 0.2) is 0 Å². The van der Waals surface area contributed by atoms with Gasteiger partial charge in [-0.3, -0.25) is 10.1 Å². The number of halogens is 1. The highest BCUT2D eigenvalue weighted by molar-refractivity contribution is 6.29. The maximum Gasteiger partial charge on any atom is 0.234 e. The van der Waals surface area contributed by atoms with E-state index in [9.17, 15) is 4.79 Å². The van der Waals surface area contributed by atoms with Crippen molar-refractivity contribution in [1.82, 2.24) is 9.97 Å². The third-order valence-corrected chi connectivity index (χ3v) is 2.67. The second-order valence-electron chi connectivity index (χ2n) is 4.02. The zero-order chi connectivity index (χ0) is 14.5. The second kappa shape index (κ2) is 6.21. The number of carbonyl (C=O) groups is 1. The first-order chi connectivity index (χ1) is 9.56. The molecule has 104 valence electrons. The van der Waals surface area contributed by atoms with Crippen LogP contribution in [0.2, 0.25) is 5.15 Å². The molecule has 0 aliphatic heterocycles. The topological polar surface area (TPSA) is 90.1 Å². The van der Waals surface area contributed by atoms with Crippen molar-refractivity contribution < 1.29 is 9.53 Å². The van der Waals surface area contributed by atoms with Crippen LogP contribution < -0.4 is 15.8 Å². The van der Waals surface area contributed by atoms with Crippen LogP contribution in [0.15, 0.2) is 30.3 Å². The highest BCUT2D eigenvalue weighted by atomic mass is 35.5. The van der Waals surface area contributed by atoms with Crippen LogP contribution >= 0.6 is 11.6 Å². The summed E-state index contributed by atoms with van der Waals surface area (Å²) >= 11 is 5.79. The van der Waals surface area contributed by atoms with Crippen molar-refractivity contribution in [3.8, 4) is 5.88 Å². The van der Waals surface area contributed by atoms with E-state index in [1.807, 2.05) is 0 Å². The van der Waals surface area contributed by atoms with Crippen LogP contribution in [0.5, 0.6) is 5.88 Å². The van der Waals surface area contributed by atoms with Crippen molar-refractivity contribution in [2.75, 3.05) is 18.2 Å². The fourth-order valence-corrected chi connectivity index (χ4v) is 1.72. The Balaban J connectivity index is 2.04. The van der Waals surface area contributed by atoms with Gasteiger partial charge in [0.1, 0.15) is 5.15 Å². The van der Waals surface area contributed by atoms with Gasteiger partial charge < -0.3 is 10.5 Å². The Labute approximate surface area is 120 Å². The minimum atomic E-state index is -0.251. The van der Waals surface area contributed by atoms with Gasteiger partial charge in [-0.15, -0.1) is 0 Å². The fourth-order valence-electron chi connectivity index (χ4n) is 1.55. The largest absolute Gasteiger partial charge is 0.481 e. The molecule has 0 bridgehead atoms. The van der Waals surface area contributed by atoms with Gasteiger partial charge in [-0.25, -0.2) is 4.98 Å². The molecule has 6 nitrogen and oxygen atoms in total. The summed E-state index contributed by atoms with van der Waals surface area (Å²) in [5.74, 6) is 0.140. The number of benzene rings is 1. The zero-order valence-corrected chi connectivity index (χ0v) is 11.5. The Bertz CT molecular complexity index is 616. The van der Waals surface area contributed by atoms with Crippen molar-refractivity contribution in [3.05, 3.63) is 41.0 Å². The van der Waals surface area contributed by atoms with E-state index < -0.39 is 0 Å². The number of nitrogens with zero attached hydrogens (tertiary/aromatic N) is 2. The van der Waals surface area contributed by atoms with E-state index in [-0.39, 0.29) is 29.3 Å². The minimum absolute atomic E-state index is 0.106. The van der Waals surface area contributed by atoms with E-state index in [1.54, 1.807) is 24.3 Å². The molecule has 1 aromatic heterocycles. The monoisotopic (exact) mass is 292 g/mol. The van der Waals surface area contributed by atoms with Crippen LogP contribution in [-0.2, 0) is 11.2 Å². The number of nitrogen functional groups attached to an aromatic ring is 1. The molecule has 0 radical (unpaired) electrons. The molecule has 0 saturated carbocycles. The molecule has 2 aromatic rings. The van der Waals surface area contributed by atoms with Crippen LogP contribution in [0.1, 0.15) is 5.56 Å². The first kappa shape index (κ1) is 14.1. The first-order valence-corrected chi connectivity index (χ1v) is 6.17. The molecule has 0 saturated heterocycles. The number of rotatable bonds is 4. The number of hydrogen-bond acceptors (Lipinski definition) is 5. The van der Waals surface area contributed by atoms with Gasteiger partial charge in [-0.2, -0.15) is 4.98 Å². The Morgan fingerprint density at radius 2 is 2.05 bits per heavy atom. The van der Waals surface area contributed by atoms with Gasteiger partial charge in [0.2, 0.25) is 17.7 Å². The highest BCUT2D eigenvalue weighted by Gasteiger charge is 2.08. The molecule has 7 heteroatoms. The van der Waals surface area contributed by atoms with Crippen LogP contribution in [0.25, 0.3) is 0 Å². The SMILES string of the molecule is COc1cc(Cl)nc(NC(=O)Cc2ccc(N)cc2)n1. The average Bonchev–Trinajstić information content (AvgIpc) is 2.40. The maximum atomic E-state index is 11.9. The lowest BCUT2D eigenvalue weighted by Gasteiger charge is -2.06. The van der Waals surface area contributed by atoms with Crippen molar-refractivity contribution in [2.45, 2.75) is 6.42 Å².